The van der Waals surface area contributed by atoms with Gasteiger partial charge in [0.15, 0.2) is 5.96 Å². The number of esters is 1. The van der Waals surface area contributed by atoms with Crippen LogP contribution in [0.25, 0.3) is 0 Å². The number of nitrogens with one attached hydrogen (secondary N) is 1. The molecule has 0 spiro atoms. The molecule has 0 bridgehead atoms. The van der Waals surface area contributed by atoms with Gasteiger partial charge in [-0.25, -0.2) is 0 Å². The molecule has 3 unspecified atom stereocenters. The van der Waals surface area contributed by atoms with Crippen molar-refractivity contribution in [3.8, 4) is 0 Å². The van der Waals surface area contributed by atoms with Gasteiger partial charge in [0.05, 0.1) is 25.2 Å². The standard InChI is InChI=1S/C15H27N3O3S.HI/c1-4-16-14(17-9-15(20)5-6-22-10-15)18-7-11(2)12(8-18)13(19)21-3;/h11-12,20H,4-10H2,1-3H3,(H,16,17);1H. The summed E-state index contributed by atoms with van der Waals surface area (Å²) < 4.78 is 4.88. The van der Waals surface area contributed by atoms with E-state index in [2.05, 4.69) is 22.1 Å². The van der Waals surface area contributed by atoms with E-state index < -0.39 is 5.60 Å². The number of carbonyl (C=O) groups is 1. The van der Waals surface area contributed by atoms with Crippen molar-refractivity contribution in [3.05, 3.63) is 0 Å². The molecule has 3 atom stereocenters. The van der Waals surface area contributed by atoms with Crippen LogP contribution in [0.4, 0.5) is 0 Å². The fourth-order valence-corrected chi connectivity index (χ4v) is 4.25. The molecule has 0 aromatic rings. The lowest BCUT2D eigenvalue weighted by Gasteiger charge is -2.24. The number of likely N-dealkylation sites (tertiary alicyclic amines) is 1. The number of hydrogen-bond donors (Lipinski definition) is 2. The van der Waals surface area contributed by atoms with E-state index in [0.29, 0.717) is 13.1 Å². The lowest BCUT2D eigenvalue weighted by atomic mass is 9.99. The summed E-state index contributed by atoms with van der Waals surface area (Å²) in [6.07, 6.45) is 0.793. The second-order valence-corrected chi connectivity index (χ2v) is 7.31. The lowest BCUT2D eigenvalue weighted by Crippen LogP contribution is -2.42. The van der Waals surface area contributed by atoms with Crippen molar-refractivity contribution in [2.75, 3.05) is 44.8 Å². The van der Waals surface area contributed by atoms with Gasteiger partial charge in [-0.15, -0.1) is 24.0 Å². The first-order valence-electron chi connectivity index (χ1n) is 7.90. The molecule has 2 saturated heterocycles. The summed E-state index contributed by atoms with van der Waals surface area (Å²) in [6, 6.07) is 0. The monoisotopic (exact) mass is 457 g/mol. The Kier molecular flexibility index (Phi) is 8.43. The highest BCUT2D eigenvalue weighted by molar-refractivity contribution is 14.0. The van der Waals surface area contributed by atoms with Crippen molar-refractivity contribution in [1.29, 1.82) is 0 Å². The largest absolute Gasteiger partial charge is 0.469 e. The molecule has 2 N–H and O–H groups in total. The molecule has 134 valence electrons. The zero-order valence-corrected chi connectivity index (χ0v) is 17.2. The number of aliphatic imine (C=N–C) groups is 1. The molecule has 23 heavy (non-hydrogen) atoms. The molecule has 0 aromatic heterocycles. The van der Waals surface area contributed by atoms with Gasteiger partial charge in [-0.05, 0) is 25.0 Å². The van der Waals surface area contributed by atoms with Gasteiger partial charge in [0.2, 0.25) is 0 Å². The third kappa shape index (κ3) is 5.38. The summed E-state index contributed by atoms with van der Waals surface area (Å²) >= 11 is 1.77. The minimum Gasteiger partial charge on any atom is -0.469 e. The average Bonchev–Trinajstić information content (AvgIpc) is 3.09. The highest BCUT2D eigenvalue weighted by Crippen LogP contribution is 2.28. The molecular weight excluding hydrogens is 429 g/mol. The van der Waals surface area contributed by atoms with Crippen LogP contribution >= 0.6 is 35.7 Å². The maximum absolute atomic E-state index is 11.8. The van der Waals surface area contributed by atoms with Crippen LogP contribution in [-0.2, 0) is 9.53 Å². The Morgan fingerprint density at radius 1 is 1.52 bits per heavy atom. The molecule has 2 fully saturated rings. The molecule has 6 nitrogen and oxygen atoms in total. The zero-order chi connectivity index (χ0) is 16.2. The molecule has 8 heteroatoms. The van der Waals surface area contributed by atoms with Crippen molar-refractivity contribution in [1.82, 2.24) is 10.2 Å². The van der Waals surface area contributed by atoms with Gasteiger partial charge in [0, 0.05) is 25.4 Å². The smallest absolute Gasteiger partial charge is 0.310 e. The topological polar surface area (TPSA) is 74.2 Å². The zero-order valence-electron chi connectivity index (χ0n) is 14.1. The number of thioether (sulfide) groups is 1. The average molecular weight is 457 g/mol. The van der Waals surface area contributed by atoms with Gasteiger partial charge in [-0.3, -0.25) is 9.79 Å². The van der Waals surface area contributed by atoms with Crippen molar-refractivity contribution >= 4 is 47.7 Å². The van der Waals surface area contributed by atoms with Gasteiger partial charge in [0.1, 0.15) is 0 Å². The van der Waals surface area contributed by atoms with Crippen molar-refractivity contribution in [2.45, 2.75) is 25.9 Å². The lowest BCUT2D eigenvalue weighted by molar-refractivity contribution is -0.145. The second-order valence-electron chi connectivity index (χ2n) is 6.21. The van der Waals surface area contributed by atoms with Gasteiger partial charge < -0.3 is 20.1 Å². The summed E-state index contributed by atoms with van der Waals surface area (Å²) in [4.78, 5) is 18.5. The summed E-state index contributed by atoms with van der Waals surface area (Å²) in [5.41, 5.74) is -0.682. The number of carbonyl (C=O) groups excluding carboxylic acids is 1. The van der Waals surface area contributed by atoms with Crippen LogP contribution in [0.5, 0.6) is 0 Å². The Labute approximate surface area is 159 Å². The first-order chi connectivity index (χ1) is 10.5. The van der Waals surface area contributed by atoms with E-state index >= 15 is 0 Å². The maximum Gasteiger partial charge on any atom is 0.310 e. The van der Waals surface area contributed by atoms with E-state index in [4.69, 9.17) is 4.74 Å². The van der Waals surface area contributed by atoms with E-state index in [-0.39, 0.29) is 41.8 Å². The number of ether oxygens (including phenoxy) is 1. The molecule has 0 saturated carbocycles. The van der Waals surface area contributed by atoms with Crippen molar-refractivity contribution in [3.63, 3.8) is 0 Å². The minimum atomic E-state index is -0.682. The molecule has 0 amide bonds. The van der Waals surface area contributed by atoms with Crippen LogP contribution in [-0.4, -0.2) is 72.3 Å². The van der Waals surface area contributed by atoms with E-state index in [1.807, 2.05) is 6.92 Å². The van der Waals surface area contributed by atoms with Gasteiger partial charge in [0.25, 0.3) is 0 Å². The Morgan fingerprint density at radius 3 is 2.83 bits per heavy atom. The second kappa shape index (κ2) is 9.31. The van der Waals surface area contributed by atoms with Crippen molar-refractivity contribution in [2.24, 2.45) is 16.8 Å². The summed E-state index contributed by atoms with van der Waals surface area (Å²) in [5.74, 6) is 2.49. The highest BCUT2D eigenvalue weighted by Gasteiger charge is 2.37. The Hall–Kier alpha value is -0.220. The molecule has 0 radical (unpaired) electrons. The molecule has 0 aliphatic carbocycles. The van der Waals surface area contributed by atoms with Gasteiger partial charge >= 0.3 is 5.97 Å². The van der Waals surface area contributed by atoms with Crippen LogP contribution < -0.4 is 5.32 Å². The van der Waals surface area contributed by atoms with Crippen LogP contribution in [0.3, 0.4) is 0 Å². The van der Waals surface area contributed by atoms with E-state index in [9.17, 15) is 9.90 Å². The molecule has 2 rings (SSSR count). The summed E-state index contributed by atoms with van der Waals surface area (Å²) in [6.45, 7) is 6.65. The highest BCUT2D eigenvalue weighted by atomic mass is 127. The Morgan fingerprint density at radius 2 is 2.26 bits per heavy atom. The molecule has 0 aromatic carbocycles. The number of methoxy groups -OCH3 is 1. The Balaban J connectivity index is 0.00000264. The number of aliphatic hydroxyl groups is 1. The summed E-state index contributed by atoms with van der Waals surface area (Å²) in [5, 5.41) is 13.7. The predicted molar refractivity (Wildman–Crippen MR) is 105 cm³/mol. The molecule has 2 aliphatic rings. The summed E-state index contributed by atoms with van der Waals surface area (Å²) in [7, 11) is 1.43. The van der Waals surface area contributed by atoms with E-state index in [0.717, 1.165) is 37.0 Å². The normalized spacial score (nSPS) is 31.0. The quantitative estimate of drug-likeness (QED) is 0.286. The van der Waals surface area contributed by atoms with E-state index in [1.165, 1.54) is 7.11 Å². The number of nitrogens with zero attached hydrogens (tertiary/aromatic N) is 2. The van der Waals surface area contributed by atoms with Crippen LogP contribution in [0.1, 0.15) is 20.3 Å². The molecule has 2 heterocycles. The molecule has 2 aliphatic heterocycles. The van der Waals surface area contributed by atoms with Crippen LogP contribution in [0, 0.1) is 11.8 Å². The van der Waals surface area contributed by atoms with Crippen molar-refractivity contribution < 1.29 is 14.6 Å². The maximum atomic E-state index is 11.8. The molecular formula is C15H28IN3O3S. The number of guanidine groups is 1. The Bertz CT molecular complexity index is 430. The first-order valence-corrected chi connectivity index (χ1v) is 9.06. The van der Waals surface area contributed by atoms with Crippen LogP contribution in [0.15, 0.2) is 4.99 Å². The van der Waals surface area contributed by atoms with E-state index in [1.54, 1.807) is 11.8 Å². The number of halogens is 1. The van der Waals surface area contributed by atoms with Gasteiger partial charge in [-0.2, -0.15) is 11.8 Å². The van der Waals surface area contributed by atoms with Gasteiger partial charge in [-0.1, -0.05) is 6.92 Å². The SMILES string of the molecule is CCNC(=NCC1(O)CCSC1)N1CC(C)C(C(=O)OC)C1.I. The fraction of sp³-hybridized carbons (Fsp3) is 0.867. The first kappa shape index (κ1) is 20.8. The minimum absolute atomic E-state index is 0. The predicted octanol–water partition coefficient (Wildman–Crippen LogP) is 1.18. The number of rotatable bonds is 4. The fourth-order valence-electron chi connectivity index (χ4n) is 2.97. The third-order valence-electron chi connectivity index (χ3n) is 4.36. The third-order valence-corrected chi connectivity index (χ3v) is 5.59. The number of hydrogen-bond acceptors (Lipinski definition) is 5. The van der Waals surface area contributed by atoms with Crippen LogP contribution in [0.2, 0.25) is 0 Å².